The molecule has 10 nitrogen and oxygen atoms in total. The molecule has 1 aromatic rings. The Morgan fingerprint density at radius 2 is 1.72 bits per heavy atom. The van der Waals surface area contributed by atoms with Crippen LogP contribution in [0, 0.1) is 0 Å². The summed E-state index contributed by atoms with van der Waals surface area (Å²) < 4.78 is 10.7. The van der Waals surface area contributed by atoms with E-state index in [2.05, 4.69) is 10.2 Å². The summed E-state index contributed by atoms with van der Waals surface area (Å²) in [6.45, 7) is 9.61. The molecule has 0 aromatic heterocycles. The number of hydrogen-bond donors (Lipinski definition) is 1. The van der Waals surface area contributed by atoms with Gasteiger partial charge in [0.1, 0.15) is 11.4 Å². The smallest absolute Gasteiger partial charge is 0.328 e. The highest BCUT2D eigenvalue weighted by Gasteiger charge is 2.28. The number of hydrogen-bond acceptors (Lipinski definition) is 7. The highest BCUT2D eigenvalue weighted by Crippen LogP contribution is 2.31. The molecule has 0 bridgehead atoms. The van der Waals surface area contributed by atoms with Crippen LogP contribution in [0.3, 0.4) is 0 Å². The second-order valence-electron chi connectivity index (χ2n) is 10.2. The number of benzene rings is 1. The van der Waals surface area contributed by atoms with E-state index in [0.717, 1.165) is 38.9 Å². The van der Waals surface area contributed by atoms with Crippen molar-refractivity contribution in [2.24, 2.45) is 0 Å². The second-order valence-corrected chi connectivity index (χ2v) is 10.2. The highest BCUT2D eigenvalue weighted by molar-refractivity contribution is 6.07. The van der Waals surface area contributed by atoms with Crippen molar-refractivity contribution in [1.29, 1.82) is 0 Å². The number of amides is 4. The number of piperazine rings is 1. The van der Waals surface area contributed by atoms with Crippen molar-refractivity contribution in [3.63, 3.8) is 0 Å². The molecule has 0 saturated carbocycles. The predicted molar refractivity (Wildman–Crippen MR) is 135 cm³/mol. The minimum atomic E-state index is -0.520. The maximum Gasteiger partial charge on any atom is 0.328 e. The van der Waals surface area contributed by atoms with Gasteiger partial charge in [-0.2, -0.15) is 0 Å². The Labute approximate surface area is 212 Å². The average molecular weight is 503 g/mol. The number of nitrogens with zero attached hydrogens (tertiary/aromatic N) is 3. The fourth-order valence-corrected chi connectivity index (χ4v) is 4.36. The number of methoxy groups -OCH3 is 1. The van der Waals surface area contributed by atoms with Gasteiger partial charge in [0.2, 0.25) is 5.91 Å². The second kappa shape index (κ2) is 12.2. The van der Waals surface area contributed by atoms with Gasteiger partial charge in [-0.25, -0.2) is 4.79 Å². The lowest BCUT2D eigenvalue weighted by atomic mass is 10.1. The number of rotatable bonds is 9. The van der Waals surface area contributed by atoms with E-state index in [1.54, 1.807) is 18.2 Å². The van der Waals surface area contributed by atoms with Crippen molar-refractivity contribution in [1.82, 2.24) is 15.1 Å². The molecule has 2 aliphatic rings. The van der Waals surface area contributed by atoms with Crippen molar-refractivity contribution in [3.8, 4) is 5.75 Å². The highest BCUT2D eigenvalue weighted by atomic mass is 16.6. The van der Waals surface area contributed by atoms with Crippen molar-refractivity contribution in [2.45, 2.75) is 58.5 Å². The number of imide groups is 1. The fourth-order valence-electron chi connectivity index (χ4n) is 4.36. The molecule has 1 aromatic carbocycles. The van der Waals surface area contributed by atoms with Crippen molar-refractivity contribution < 1.29 is 28.7 Å². The number of nitrogens with one attached hydrogen (secondary N) is 1. The molecule has 36 heavy (non-hydrogen) atoms. The van der Waals surface area contributed by atoms with Crippen LogP contribution < -0.4 is 15.0 Å². The topological polar surface area (TPSA) is 108 Å². The summed E-state index contributed by atoms with van der Waals surface area (Å²) >= 11 is 0. The molecule has 0 radical (unpaired) electrons. The van der Waals surface area contributed by atoms with Gasteiger partial charge >= 0.3 is 12.0 Å². The van der Waals surface area contributed by atoms with Crippen LogP contribution in [-0.4, -0.2) is 85.6 Å². The fraction of sp³-hybridized carbons (Fsp3) is 0.615. The zero-order chi connectivity index (χ0) is 26.3. The van der Waals surface area contributed by atoms with Crippen molar-refractivity contribution >= 4 is 29.5 Å². The summed E-state index contributed by atoms with van der Waals surface area (Å²) in [6, 6.07) is 4.52. The Morgan fingerprint density at radius 3 is 2.36 bits per heavy atom. The third-order valence-electron chi connectivity index (χ3n) is 6.21. The van der Waals surface area contributed by atoms with Crippen LogP contribution >= 0.6 is 0 Å². The van der Waals surface area contributed by atoms with Gasteiger partial charge in [0.05, 0.1) is 12.8 Å². The monoisotopic (exact) mass is 502 g/mol. The number of ether oxygens (including phenoxy) is 2. The standard InChI is InChI=1S/C26H38N4O6/c1-26(2,3)36-23(32)8-6-5-7-12-28-14-16-29(17-15-28)24(33)19-9-10-21(35-4)20(18-19)30-13-11-22(31)27-25(30)34/h9-10,18H,5-8,11-17H2,1-4H3,(H,27,31,34). The van der Waals surface area contributed by atoms with Gasteiger partial charge in [-0.3, -0.25) is 29.5 Å². The van der Waals surface area contributed by atoms with E-state index in [4.69, 9.17) is 9.47 Å². The van der Waals surface area contributed by atoms with E-state index in [1.165, 1.54) is 12.0 Å². The Kier molecular flexibility index (Phi) is 9.31. The summed E-state index contributed by atoms with van der Waals surface area (Å²) in [7, 11) is 1.50. The summed E-state index contributed by atoms with van der Waals surface area (Å²) in [5.41, 5.74) is 0.508. The van der Waals surface area contributed by atoms with Crippen LogP contribution in [0.5, 0.6) is 5.75 Å². The van der Waals surface area contributed by atoms with Crippen LogP contribution in [0.25, 0.3) is 0 Å². The molecule has 2 saturated heterocycles. The lowest BCUT2D eigenvalue weighted by Crippen LogP contribution is -2.50. The normalized spacial score (nSPS) is 17.1. The van der Waals surface area contributed by atoms with Crippen molar-refractivity contribution in [3.05, 3.63) is 23.8 Å². The first kappa shape index (κ1) is 27.4. The minimum absolute atomic E-state index is 0.0931. The number of carbonyl (C=O) groups is 4. The molecule has 1 N–H and O–H groups in total. The number of urea groups is 1. The van der Waals surface area contributed by atoms with Crippen LogP contribution in [0.15, 0.2) is 18.2 Å². The first-order valence-electron chi connectivity index (χ1n) is 12.6. The molecule has 0 aliphatic carbocycles. The summed E-state index contributed by atoms with van der Waals surface area (Å²) in [5, 5.41) is 2.30. The van der Waals surface area contributed by atoms with Gasteiger partial charge in [-0.1, -0.05) is 6.42 Å². The van der Waals surface area contributed by atoms with Crippen molar-refractivity contribution in [2.75, 3.05) is 51.3 Å². The molecule has 3 rings (SSSR count). The molecule has 0 spiro atoms. The summed E-state index contributed by atoms with van der Waals surface area (Å²) in [5.74, 6) is -0.0916. The Bertz CT molecular complexity index is 966. The minimum Gasteiger partial charge on any atom is -0.495 e. The lowest BCUT2D eigenvalue weighted by molar-refractivity contribution is -0.154. The quantitative estimate of drug-likeness (QED) is 0.409. The maximum absolute atomic E-state index is 13.2. The zero-order valence-corrected chi connectivity index (χ0v) is 21.8. The Morgan fingerprint density at radius 1 is 1.00 bits per heavy atom. The van der Waals surface area contributed by atoms with Crippen LogP contribution in [0.2, 0.25) is 0 Å². The van der Waals surface area contributed by atoms with Gasteiger partial charge in [-0.05, 0) is 58.4 Å². The Hall–Kier alpha value is -3.14. The SMILES string of the molecule is COc1ccc(C(=O)N2CCN(CCCCCC(=O)OC(C)(C)C)CC2)cc1N1CCC(=O)NC1=O. The largest absolute Gasteiger partial charge is 0.495 e. The van der Waals surface area contributed by atoms with E-state index in [9.17, 15) is 19.2 Å². The van der Waals surface area contributed by atoms with E-state index in [1.807, 2.05) is 25.7 Å². The summed E-state index contributed by atoms with van der Waals surface area (Å²) in [4.78, 5) is 54.4. The number of esters is 1. The molecule has 10 heteroatoms. The molecule has 0 atom stereocenters. The van der Waals surface area contributed by atoms with E-state index in [0.29, 0.717) is 36.5 Å². The van der Waals surface area contributed by atoms with Crippen LogP contribution in [0.4, 0.5) is 10.5 Å². The molecular formula is C26H38N4O6. The average Bonchev–Trinajstić information content (AvgIpc) is 2.82. The number of anilines is 1. The van der Waals surface area contributed by atoms with E-state index < -0.39 is 11.6 Å². The molecule has 0 unspecified atom stereocenters. The molecule has 4 amide bonds. The molecule has 2 fully saturated rings. The maximum atomic E-state index is 13.2. The predicted octanol–water partition coefficient (Wildman–Crippen LogP) is 2.80. The summed E-state index contributed by atoms with van der Waals surface area (Å²) in [6.07, 6.45) is 3.41. The van der Waals surface area contributed by atoms with E-state index in [-0.39, 0.29) is 30.7 Å². The third-order valence-corrected chi connectivity index (χ3v) is 6.21. The third kappa shape index (κ3) is 7.68. The van der Waals surface area contributed by atoms with Gasteiger partial charge < -0.3 is 14.4 Å². The molecule has 2 aliphatic heterocycles. The first-order valence-corrected chi connectivity index (χ1v) is 12.6. The molecule has 2 heterocycles. The number of unbranched alkanes of at least 4 members (excludes halogenated alkanes) is 2. The zero-order valence-electron chi connectivity index (χ0n) is 21.8. The van der Waals surface area contributed by atoms with Crippen LogP contribution in [-0.2, 0) is 14.3 Å². The Balaban J connectivity index is 1.47. The lowest BCUT2D eigenvalue weighted by Gasteiger charge is -2.35. The van der Waals surface area contributed by atoms with Gasteiger partial charge in [0.25, 0.3) is 5.91 Å². The first-order chi connectivity index (χ1) is 17.1. The number of carbonyl (C=O) groups excluding carboxylic acids is 4. The van der Waals surface area contributed by atoms with Gasteiger partial charge in [0.15, 0.2) is 0 Å². The van der Waals surface area contributed by atoms with Crippen LogP contribution in [0.1, 0.15) is 63.2 Å². The molecular weight excluding hydrogens is 464 g/mol. The van der Waals surface area contributed by atoms with Gasteiger partial charge in [0, 0.05) is 51.1 Å². The molecule has 198 valence electrons. The van der Waals surface area contributed by atoms with Gasteiger partial charge in [-0.15, -0.1) is 0 Å². The van der Waals surface area contributed by atoms with E-state index >= 15 is 0 Å².